The van der Waals surface area contributed by atoms with Crippen LogP contribution in [0, 0.1) is 0 Å². The van der Waals surface area contributed by atoms with E-state index in [1.807, 2.05) is 24.5 Å². The maximum absolute atomic E-state index is 13.9. The van der Waals surface area contributed by atoms with Gasteiger partial charge < -0.3 is 24.8 Å². The highest BCUT2D eigenvalue weighted by atomic mass is 16.5. The summed E-state index contributed by atoms with van der Waals surface area (Å²) in [7, 11) is 4.90. The van der Waals surface area contributed by atoms with Crippen molar-refractivity contribution in [3.05, 3.63) is 63.7 Å². The van der Waals surface area contributed by atoms with Crippen LogP contribution in [0.25, 0.3) is 11.0 Å². The number of benzene rings is 1. The number of ether oxygens (including phenoxy) is 1. The Morgan fingerprint density at radius 2 is 2.03 bits per heavy atom. The lowest BCUT2D eigenvalue weighted by atomic mass is 10.1. The number of methoxy groups -OCH3 is 1. The van der Waals surface area contributed by atoms with Crippen molar-refractivity contribution in [1.82, 2.24) is 19.0 Å². The van der Waals surface area contributed by atoms with Crippen molar-refractivity contribution in [1.29, 1.82) is 0 Å². The first-order chi connectivity index (χ1) is 18.1. The Balaban J connectivity index is 1.92. The summed E-state index contributed by atoms with van der Waals surface area (Å²) in [5.74, 6) is 0.718. The van der Waals surface area contributed by atoms with Crippen molar-refractivity contribution >= 4 is 28.5 Å². The van der Waals surface area contributed by atoms with Gasteiger partial charge in [-0.2, -0.15) is 0 Å². The normalized spacial score (nSPS) is 15.4. The number of carbonyl (C=O) groups excluding carboxylic acids is 2. The number of nitrogens with two attached hydrogens (primary N) is 1. The zero-order valence-corrected chi connectivity index (χ0v) is 22.7. The van der Waals surface area contributed by atoms with Gasteiger partial charge in [-0.3, -0.25) is 19.0 Å². The molecule has 38 heavy (non-hydrogen) atoms. The predicted molar refractivity (Wildman–Crippen MR) is 148 cm³/mol. The van der Waals surface area contributed by atoms with Crippen LogP contribution in [-0.4, -0.2) is 71.0 Å². The van der Waals surface area contributed by atoms with E-state index in [0.717, 1.165) is 25.0 Å². The van der Waals surface area contributed by atoms with Gasteiger partial charge in [0.2, 0.25) is 0 Å². The van der Waals surface area contributed by atoms with E-state index < -0.39 is 0 Å². The molecule has 3 aromatic rings. The quantitative estimate of drug-likeness (QED) is 0.359. The molecule has 1 aromatic carbocycles. The molecule has 10 nitrogen and oxygen atoms in total. The highest BCUT2D eigenvalue weighted by Crippen LogP contribution is 2.33. The maximum atomic E-state index is 13.9. The standard InChI is InChI=1S/C28H36N6O4/c1-18(2)11-13-34-25-24(23(27(36)31(3)4)26(34)32-12-7-9-20(29)15-32)30-17-33(28(25)37)16-22(35)19-8-6-10-21(14-19)38-5/h6,8,10-11,14,17,20H,7,9,12-13,15-16,29H2,1-5H3/t20-/m1/s1. The third-order valence-corrected chi connectivity index (χ3v) is 6.77. The summed E-state index contributed by atoms with van der Waals surface area (Å²) in [5.41, 5.74) is 8.44. The number of piperidine rings is 1. The molecule has 2 N–H and O–H groups in total. The second-order valence-electron chi connectivity index (χ2n) is 10.2. The highest BCUT2D eigenvalue weighted by molar-refractivity contribution is 6.10. The van der Waals surface area contributed by atoms with E-state index in [1.165, 1.54) is 22.9 Å². The van der Waals surface area contributed by atoms with Crippen LogP contribution in [-0.2, 0) is 13.1 Å². The first-order valence-corrected chi connectivity index (χ1v) is 12.8. The topological polar surface area (TPSA) is 116 Å². The van der Waals surface area contributed by atoms with Crippen LogP contribution in [0.5, 0.6) is 5.75 Å². The molecule has 202 valence electrons. The number of rotatable bonds is 8. The molecule has 0 spiro atoms. The molecule has 0 unspecified atom stereocenters. The number of ketones is 1. The van der Waals surface area contributed by atoms with Gasteiger partial charge in [-0.1, -0.05) is 23.8 Å². The van der Waals surface area contributed by atoms with Crippen LogP contribution in [0.2, 0.25) is 0 Å². The molecule has 0 saturated carbocycles. The predicted octanol–water partition coefficient (Wildman–Crippen LogP) is 2.69. The first-order valence-electron chi connectivity index (χ1n) is 12.8. The maximum Gasteiger partial charge on any atom is 0.278 e. The Hall–Kier alpha value is -3.92. The van der Waals surface area contributed by atoms with E-state index in [9.17, 15) is 14.4 Å². The van der Waals surface area contributed by atoms with Gasteiger partial charge in [0.05, 0.1) is 20.0 Å². The summed E-state index contributed by atoms with van der Waals surface area (Å²) in [6, 6.07) is 6.78. The molecule has 1 fully saturated rings. The van der Waals surface area contributed by atoms with Gasteiger partial charge >= 0.3 is 0 Å². The summed E-state index contributed by atoms with van der Waals surface area (Å²) in [6.45, 7) is 5.44. The average molecular weight is 521 g/mol. The largest absolute Gasteiger partial charge is 0.497 e. The zero-order valence-electron chi connectivity index (χ0n) is 22.7. The van der Waals surface area contributed by atoms with E-state index in [1.54, 1.807) is 38.4 Å². The summed E-state index contributed by atoms with van der Waals surface area (Å²) in [4.78, 5) is 48.7. The summed E-state index contributed by atoms with van der Waals surface area (Å²) < 4.78 is 8.39. The minimum atomic E-state index is -0.381. The summed E-state index contributed by atoms with van der Waals surface area (Å²) in [5, 5.41) is 0. The lowest BCUT2D eigenvalue weighted by Gasteiger charge is -2.34. The molecule has 10 heteroatoms. The minimum absolute atomic E-state index is 0.0360. The van der Waals surface area contributed by atoms with Crippen LogP contribution in [0.1, 0.15) is 47.4 Å². The molecule has 0 aliphatic carbocycles. The van der Waals surface area contributed by atoms with Crippen LogP contribution in [0.4, 0.5) is 5.82 Å². The molecule has 1 atom stereocenters. The fourth-order valence-electron chi connectivity index (χ4n) is 4.81. The Kier molecular flexibility index (Phi) is 8.01. The molecule has 1 aliphatic rings. The number of nitrogens with zero attached hydrogens (tertiary/aromatic N) is 5. The molecule has 1 saturated heterocycles. The fourth-order valence-corrected chi connectivity index (χ4v) is 4.81. The molecular formula is C28H36N6O4. The Morgan fingerprint density at radius 1 is 1.26 bits per heavy atom. The minimum Gasteiger partial charge on any atom is -0.497 e. The second-order valence-corrected chi connectivity index (χ2v) is 10.2. The number of anilines is 1. The third-order valence-electron chi connectivity index (χ3n) is 6.77. The lowest BCUT2D eigenvalue weighted by Crippen LogP contribution is -2.44. The average Bonchev–Trinajstić information content (AvgIpc) is 3.23. The number of hydrogen-bond donors (Lipinski definition) is 1. The summed E-state index contributed by atoms with van der Waals surface area (Å²) in [6.07, 6.45) is 5.15. The number of Topliss-reactive ketones (excluding diaryl/α,β-unsaturated/α-hetero) is 1. The van der Waals surface area contributed by atoms with Crippen molar-refractivity contribution in [3.8, 4) is 5.75 Å². The molecule has 1 amide bonds. The van der Waals surface area contributed by atoms with Crippen molar-refractivity contribution < 1.29 is 14.3 Å². The SMILES string of the molecule is COc1cccc(C(=O)Cn2cnc3c(C(=O)N(C)C)c(N4CCC[C@@H](N)C4)n(CC=C(C)C)c3c2=O)c1. The van der Waals surface area contributed by atoms with Crippen LogP contribution in [0.3, 0.4) is 0 Å². The van der Waals surface area contributed by atoms with E-state index in [2.05, 4.69) is 9.88 Å². The zero-order chi connectivity index (χ0) is 27.6. The van der Waals surface area contributed by atoms with E-state index >= 15 is 0 Å². The van der Waals surface area contributed by atoms with Crippen molar-refractivity contribution in [3.63, 3.8) is 0 Å². The lowest BCUT2D eigenvalue weighted by molar-refractivity contribution is 0.0829. The van der Waals surface area contributed by atoms with Gasteiger partial charge in [-0.25, -0.2) is 4.98 Å². The van der Waals surface area contributed by atoms with Crippen molar-refractivity contribution in [2.75, 3.05) is 39.2 Å². The summed E-state index contributed by atoms with van der Waals surface area (Å²) >= 11 is 0. The highest BCUT2D eigenvalue weighted by Gasteiger charge is 2.32. The molecule has 1 aliphatic heterocycles. The van der Waals surface area contributed by atoms with Gasteiger partial charge in [-0.15, -0.1) is 0 Å². The van der Waals surface area contributed by atoms with Gasteiger partial charge in [0, 0.05) is 45.3 Å². The molecule has 0 bridgehead atoms. The second kappa shape index (κ2) is 11.2. The monoisotopic (exact) mass is 520 g/mol. The fraction of sp³-hybridized carbons (Fsp3) is 0.429. The molecular weight excluding hydrogens is 484 g/mol. The molecule has 0 radical (unpaired) electrons. The number of allylic oxidation sites excluding steroid dienone is 2. The van der Waals surface area contributed by atoms with Crippen LogP contribution in [0.15, 0.2) is 47.0 Å². The van der Waals surface area contributed by atoms with E-state index in [0.29, 0.717) is 46.8 Å². The van der Waals surface area contributed by atoms with Gasteiger partial charge in [0.25, 0.3) is 11.5 Å². The molecule has 3 heterocycles. The van der Waals surface area contributed by atoms with Crippen LogP contribution < -0.4 is 20.9 Å². The number of amides is 1. The molecule has 2 aromatic heterocycles. The Morgan fingerprint density at radius 3 is 2.68 bits per heavy atom. The number of hydrogen-bond acceptors (Lipinski definition) is 7. The number of carbonyl (C=O) groups is 2. The molecule has 4 rings (SSSR count). The number of fused-ring (bicyclic) bond motifs is 1. The van der Waals surface area contributed by atoms with Gasteiger partial charge in [-0.05, 0) is 38.8 Å². The van der Waals surface area contributed by atoms with Crippen LogP contribution >= 0.6 is 0 Å². The van der Waals surface area contributed by atoms with Crippen molar-refractivity contribution in [2.45, 2.75) is 45.8 Å². The number of aromatic nitrogens is 3. The third kappa shape index (κ3) is 5.35. The Bertz CT molecular complexity index is 1450. The van der Waals surface area contributed by atoms with Crippen molar-refractivity contribution in [2.24, 2.45) is 5.73 Å². The Labute approximate surface area is 222 Å². The van der Waals surface area contributed by atoms with E-state index in [-0.39, 0.29) is 29.8 Å². The first kappa shape index (κ1) is 27.1. The van der Waals surface area contributed by atoms with Gasteiger partial charge in [0.1, 0.15) is 28.2 Å². The smallest absolute Gasteiger partial charge is 0.278 e. The van der Waals surface area contributed by atoms with Gasteiger partial charge in [0.15, 0.2) is 5.78 Å². The van der Waals surface area contributed by atoms with E-state index in [4.69, 9.17) is 10.5 Å².